The standard InChI is InChI=1S/C18H25FN3O/c1-22(11-7-15-4-8-20-15)9-5-13(6-10-22)18-16-3-2-14(19)12-17(16)23-21-18/h2-3,12-13,15,20H,4-11H2,1H3/q+1. The number of nitrogens with zero attached hydrogens (tertiary/aromatic N) is 2. The third-order valence-electron chi connectivity index (χ3n) is 5.83. The highest BCUT2D eigenvalue weighted by molar-refractivity contribution is 5.79. The van der Waals surface area contributed by atoms with Crippen molar-refractivity contribution in [2.45, 2.75) is 37.6 Å². The number of hydrogen-bond acceptors (Lipinski definition) is 3. The van der Waals surface area contributed by atoms with Crippen LogP contribution in [0.1, 0.15) is 37.3 Å². The molecule has 23 heavy (non-hydrogen) atoms. The van der Waals surface area contributed by atoms with Crippen molar-refractivity contribution in [2.24, 2.45) is 0 Å². The lowest BCUT2D eigenvalue weighted by Gasteiger charge is -2.42. The monoisotopic (exact) mass is 318 g/mol. The molecule has 2 saturated heterocycles. The number of piperidine rings is 1. The van der Waals surface area contributed by atoms with E-state index in [1.807, 2.05) is 0 Å². The van der Waals surface area contributed by atoms with Gasteiger partial charge in [0.25, 0.3) is 0 Å². The highest BCUT2D eigenvalue weighted by Crippen LogP contribution is 2.34. The predicted molar refractivity (Wildman–Crippen MR) is 87.8 cm³/mol. The normalized spacial score (nSPS) is 31.2. The topological polar surface area (TPSA) is 38.1 Å². The van der Waals surface area contributed by atoms with Crippen LogP contribution in [0.4, 0.5) is 4.39 Å². The number of fused-ring (bicyclic) bond motifs is 1. The fourth-order valence-electron chi connectivity index (χ4n) is 3.98. The van der Waals surface area contributed by atoms with Crippen LogP contribution in [-0.2, 0) is 0 Å². The highest BCUT2D eigenvalue weighted by atomic mass is 19.1. The molecule has 1 aromatic carbocycles. The van der Waals surface area contributed by atoms with E-state index in [9.17, 15) is 4.39 Å². The number of halogens is 1. The zero-order valence-electron chi connectivity index (χ0n) is 13.7. The van der Waals surface area contributed by atoms with Gasteiger partial charge in [-0.2, -0.15) is 0 Å². The second-order valence-corrected chi connectivity index (χ2v) is 7.50. The van der Waals surface area contributed by atoms with Gasteiger partial charge in [-0.25, -0.2) is 4.39 Å². The summed E-state index contributed by atoms with van der Waals surface area (Å²) in [5.74, 6) is 0.174. The molecule has 2 aliphatic rings. The molecule has 1 N–H and O–H groups in total. The molecule has 1 unspecified atom stereocenters. The molecule has 2 aliphatic heterocycles. The molecule has 0 aliphatic carbocycles. The van der Waals surface area contributed by atoms with E-state index >= 15 is 0 Å². The second kappa shape index (κ2) is 5.87. The number of nitrogens with one attached hydrogen (secondary N) is 1. The van der Waals surface area contributed by atoms with Crippen molar-refractivity contribution in [1.29, 1.82) is 0 Å². The predicted octanol–water partition coefficient (Wildman–Crippen LogP) is 3.04. The minimum Gasteiger partial charge on any atom is -0.356 e. The van der Waals surface area contributed by atoms with Gasteiger partial charge in [-0.15, -0.1) is 0 Å². The Balaban J connectivity index is 1.41. The Morgan fingerprint density at radius 2 is 2.09 bits per heavy atom. The fraction of sp³-hybridized carbons (Fsp3) is 0.611. The van der Waals surface area contributed by atoms with Gasteiger partial charge in [0.2, 0.25) is 0 Å². The van der Waals surface area contributed by atoms with Crippen LogP contribution in [0.3, 0.4) is 0 Å². The average Bonchev–Trinajstić information content (AvgIpc) is 2.89. The number of rotatable bonds is 4. The van der Waals surface area contributed by atoms with E-state index in [-0.39, 0.29) is 5.82 Å². The molecule has 5 heteroatoms. The third-order valence-corrected chi connectivity index (χ3v) is 5.83. The molecule has 1 aromatic heterocycles. The fourth-order valence-corrected chi connectivity index (χ4v) is 3.98. The van der Waals surface area contributed by atoms with E-state index in [0.717, 1.165) is 30.0 Å². The Bertz CT molecular complexity index is 687. The van der Waals surface area contributed by atoms with Gasteiger partial charge in [-0.1, -0.05) is 5.16 Å². The molecule has 4 nitrogen and oxygen atoms in total. The first kappa shape index (κ1) is 15.1. The maximum Gasteiger partial charge on any atom is 0.170 e. The van der Waals surface area contributed by atoms with Crippen molar-refractivity contribution in [3.63, 3.8) is 0 Å². The second-order valence-electron chi connectivity index (χ2n) is 7.50. The summed E-state index contributed by atoms with van der Waals surface area (Å²) in [6.07, 6.45) is 4.89. The number of aromatic nitrogens is 1. The molecule has 0 amide bonds. The molecule has 0 radical (unpaired) electrons. The molecule has 1 atom stereocenters. The Morgan fingerprint density at radius 3 is 2.78 bits per heavy atom. The van der Waals surface area contributed by atoms with Crippen LogP contribution in [0, 0.1) is 5.82 Å². The van der Waals surface area contributed by atoms with E-state index in [1.165, 1.54) is 55.6 Å². The van der Waals surface area contributed by atoms with Crippen molar-refractivity contribution in [3.8, 4) is 0 Å². The Labute approximate surface area is 136 Å². The van der Waals surface area contributed by atoms with Gasteiger partial charge in [0.15, 0.2) is 5.58 Å². The Hall–Kier alpha value is -1.46. The van der Waals surface area contributed by atoms with E-state index in [4.69, 9.17) is 4.52 Å². The number of likely N-dealkylation sites (tertiary alicyclic amines) is 1. The van der Waals surface area contributed by atoms with Crippen LogP contribution < -0.4 is 5.32 Å². The Kier molecular flexibility index (Phi) is 3.85. The third kappa shape index (κ3) is 3.00. The Morgan fingerprint density at radius 1 is 1.30 bits per heavy atom. The van der Waals surface area contributed by atoms with Gasteiger partial charge in [-0.05, 0) is 25.1 Å². The van der Waals surface area contributed by atoms with Gasteiger partial charge in [0.05, 0.1) is 32.4 Å². The molecule has 3 heterocycles. The van der Waals surface area contributed by atoms with Crippen LogP contribution in [0.15, 0.2) is 22.7 Å². The number of benzene rings is 1. The minimum absolute atomic E-state index is 0.266. The van der Waals surface area contributed by atoms with E-state index in [1.54, 1.807) is 6.07 Å². The van der Waals surface area contributed by atoms with Crippen molar-refractivity contribution >= 4 is 11.0 Å². The van der Waals surface area contributed by atoms with E-state index < -0.39 is 0 Å². The number of quaternary nitrogens is 1. The molecule has 2 fully saturated rings. The molecule has 0 bridgehead atoms. The first-order valence-electron chi connectivity index (χ1n) is 8.75. The van der Waals surface area contributed by atoms with Crippen molar-refractivity contribution in [3.05, 3.63) is 29.7 Å². The summed E-state index contributed by atoms with van der Waals surface area (Å²) >= 11 is 0. The molecule has 0 saturated carbocycles. The lowest BCUT2D eigenvalue weighted by molar-refractivity contribution is -0.914. The van der Waals surface area contributed by atoms with E-state index in [0.29, 0.717) is 11.5 Å². The smallest absolute Gasteiger partial charge is 0.170 e. The molecule has 4 rings (SSSR count). The number of hydrogen-bond donors (Lipinski definition) is 1. The first-order valence-corrected chi connectivity index (χ1v) is 8.75. The van der Waals surface area contributed by atoms with E-state index in [2.05, 4.69) is 17.5 Å². The van der Waals surface area contributed by atoms with Gasteiger partial charge in [-0.3, -0.25) is 0 Å². The minimum atomic E-state index is -0.266. The summed E-state index contributed by atoms with van der Waals surface area (Å²) < 4.78 is 19.8. The summed E-state index contributed by atoms with van der Waals surface area (Å²) in [5, 5.41) is 8.72. The van der Waals surface area contributed by atoms with Crippen LogP contribution in [0.25, 0.3) is 11.0 Å². The largest absolute Gasteiger partial charge is 0.356 e. The van der Waals surface area contributed by atoms with Gasteiger partial charge in [0, 0.05) is 42.7 Å². The van der Waals surface area contributed by atoms with Crippen LogP contribution in [0.5, 0.6) is 0 Å². The van der Waals surface area contributed by atoms with Gasteiger partial charge in [0.1, 0.15) is 5.82 Å². The van der Waals surface area contributed by atoms with Crippen molar-refractivity contribution < 1.29 is 13.4 Å². The summed E-state index contributed by atoms with van der Waals surface area (Å²) in [6.45, 7) is 4.82. The zero-order valence-corrected chi connectivity index (χ0v) is 13.7. The average molecular weight is 318 g/mol. The SMILES string of the molecule is C[N+]1(CCC2CCN2)CCC(c2noc3cc(F)ccc23)CC1. The van der Waals surface area contributed by atoms with Crippen LogP contribution in [-0.4, -0.2) is 48.9 Å². The van der Waals surface area contributed by atoms with Crippen LogP contribution >= 0.6 is 0 Å². The van der Waals surface area contributed by atoms with Gasteiger partial charge >= 0.3 is 0 Å². The summed E-state index contributed by atoms with van der Waals surface area (Å²) in [7, 11) is 2.38. The van der Waals surface area contributed by atoms with Crippen molar-refractivity contribution in [2.75, 3.05) is 33.2 Å². The van der Waals surface area contributed by atoms with Crippen LogP contribution in [0.2, 0.25) is 0 Å². The zero-order chi connectivity index (χ0) is 15.9. The molecule has 0 spiro atoms. The summed E-state index contributed by atoms with van der Waals surface area (Å²) in [4.78, 5) is 0. The van der Waals surface area contributed by atoms with Gasteiger partial charge < -0.3 is 14.3 Å². The summed E-state index contributed by atoms with van der Waals surface area (Å²) in [5.41, 5.74) is 1.59. The molecular weight excluding hydrogens is 293 g/mol. The molecule has 124 valence electrons. The lowest BCUT2D eigenvalue weighted by atomic mass is 9.90. The molecule has 2 aromatic rings. The maximum atomic E-state index is 13.3. The maximum absolute atomic E-state index is 13.3. The first-order chi connectivity index (χ1) is 11.1. The van der Waals surface area contributed by atoms with Crippen molar-refractivity contribution in [1.82, 2.24) is 10.5 Å². The molecular formula is C18H25FN3O+. The quantitative estimate of drug-likeness (QED) is 0.881. The lowest BCUT2D eigenvalue weighted by Crippen LogP contribution is -2.53. The summed E-state index contributed by atoms with van der Waals surface area (Å²) in [6, 6.07) is 5.48. The highest BCUT2D eigenvalue weighted by Gasteiger charge is 2.33.